The van der Waals surface area contributed by atoms with Crippen molar-refractivity contribution in [3.63, 3.8) is 0 Å². The molecule has 4 nitrogen and oxygen atoms in total. The topological polar surface area (TPSA) is 64.3 Å². The molecular weight excluding hydrogens is 240 g/mol. The molecule has 3 N–H and O–H groups in total. The smallest absolute Gasteiger partial charge is 0.223 e. The summed E-state index contributed by atoms with van der Waals surface area (Å²) in [4.78, 5) is 11.8. The van der Waals surface area contributed by atoms with Crippen LogP contribution in [0.25, 0.3) is 0 Å². The van der Waals surface area contributed by atoms with E-state index in [1.165, 1.54) is 0 Å². The average Bonchev–Trinajstić information content (AvgIpc) is 2.34. The first-order valence-electron chi connectivity index (χ1n) is 6.84. The highest BCUT2D eigenvalue weighted by Crippen LogP contribution is 2.30. The molecule has 0 saturated heterocycles. The van der Waals surface area contributed by atoms with Crippen LogP contribution in [0.5, 0.6) is 5.75 Å². The number of ether oxygens (including phenoxy) is 1. The van der Waals surface area contributed by atoms with Crippen molar-refractivity contribution < 1.29 is 9.53 Å². The highest BCUT2D eigenvalue weighted by atomic mass is 16.5. The summed E-state index contributed by atoms with van der Waals surface area (Å²) in [6.07, 6.45) is 3.51. The van der Waals surface area contributed by atoms with E-state index in [4.69, 9.17) is 10.5 Å². The van der Waals surface area contributed by atoms with E-state index in [2.05, 4.69) is 5.32 Å². The van der Waals surface area contributed by atoms with Crippen molar-refractivity contribution in [1.29, 1.82) is 0 Å². The van der Waals surface area contributed by atoms with Crippen LogP contribution in [0.15, 0.2) is 24.3 Å². The number of benzene rings is 1. The molecule has 0 radical (unpaired) electrons. The second kappa shape index (κ2) is 6.06. The standard InChI is InChI=1S/C15H22N2O2/c1-12-4-2-5-13(10-12)19-9-6-14(18)17-15(11-16)7-3-8-15/h2,4-5,10H,3,6-9,11,16H2,1H3,(H,17,18). The number of amides is 1. The number of nitrogens with one attached hydrogen (secondary N) is 1. The molecule has 0 heterocycles. The molecule has 0 aromatic heterocycles. The Hall–Kier alpha value is -1.55. The molecule has 1 aliphatic carbocycles. The van der Waals surface area contributed by atoms with E-state index in [1.54, 1.807) is 0 Å². The summed E-state index contributed by atoms with van der Waals surface area (Å²) in [5, 5.41) is 3.03. The van der Waals surface area contributed by atoms with E-state index in [0.29, 0.717) is 19.6 Å². The molecule has 0 aliphatic heterocycles. The molecule has 1 aromatic carbocycles. The third kappa shape index (κ3) is 3.70. The Morgan fingerprint density at radius 3 is 2.84 bits per heavy atom. The van der Waals surface area contributed by atoms with Gasteiger partial charge in [0.25, 0.3) is 0 Å². The number of nitrogens with two attached hydrogens (primary N) is 1. The summed E-state index contributed by atoms with van der Waals surface area (Å²) < 4.78 is 5.57. The van der Waals surface area contributed by atoms with E-state index in [0.717, 1.165) is 30.6 Å². The molecule has 19 heavy (non-hydrogen) atoms. The van der Waals surface area contributed by atoms with Crippen LogP contribution in [0.1, 0.15) is 31.2 Å². The van der Waals surface area contributed by atoms with Gasteiger partial charge in [0.15, 0.2) is 0 Å². The Morgan fingerprint density at radius 1 is 1.47 bits per heavy atom. The Morgan fingerprint density at radius 2 is 2.26 bits per heavy atom. The molecule has 2 rings (SSSR count). The molecule has 1 amide bonds. The van der Waals surface area contributed by atoms with Crippen LogP contribution in [0.2, 0.25) is 0 Å². The van der Waals surface area contributed by atoms with Crippen LogP contribution >= 0.6 is 0 Å². The van der Waals surface area contributed by atoms with E-state index in [-0.39, 0.29) is 11.4 Å². The van der Waals surface area contributed by atoms with Crippen LogP contribution < -0.4 is 15.8 Å². The third-order valence-electron chi connectivity index (χ3n) is 3.69. The first kappa shape index (κ1) is 13.9. The van der Waals surface area contributed by atoms with Crippen molar-refractivity contribution in [2.75, 3.05) is 13.2 Å². The van der Waals surface area contributed by atoms with Crippen LogP contribution in [0, 0.1) is 6.92 Å². The van der Waals surface area contributed by atoms with Gasteiger partial charge in [0.05, 0.1) is 18.6 Å². The predicted molar refractivity (Wildman–Crippen MR) is 75.1 cm³/mol. The van der Waals surface area contributed by atoms with E-state index >= 15 is 0 Å². The SMILES string of the molecule is Cc1cccc(OCCC(=O)NC2(CN)CCC2)c1. The summed E-state index contributed by atoms with van der Waals surface area (Å²) in [7, 11) is 0. The maximum atomic E-state index is 11.8. The average molecular weight is 262 g/mol. The maximum Gasteiger partial charge on any atom is 0.223 e. The number of aryl methyl sites for hydroxylation is 1. The summed E-state index contributed by atoms with van der Waals surface area (Å²) >= 11 is 0. The molecule has 104 valence electrons. The highest BCUT2D eigenvalue weighted by molar-refractivity contribution is 5.77. The minimum atomic E-state index is -0.138. The fraction of sp³-hybridized carbons (Fsp3) is 0.533. The fourth-order valence-corrected chi connectivity index (χ4v) is 2.31. The highest BCUT2D eigenvalue weighted by Gasteiger charge is 2.36. The molecular formula is C15H22N2O2. The quantitative estimate of drug-likeness (QED) is 0.821. The molecule has 1 aromatic rings. The first-order valence-corrected chi connectivity index (χ1v) is 6.84. The fourth-order valence-electron chi connectivity index (χ4n) is 2.31. The van der Waals surface area contributed by atoms with Crippen molar-refractivity contribution in [3.05, 3.63) is 29.8 Å². The van der Waals surface area contributed by atoms with Crippen molar-refractivity contribution in [1.82, 2.24) is 5.32 Å². The molecule has 1 saturated carbocycles. The van der Waals surface area contributed by atoms with Crippen molar-refractivity contribution in [2.45, 2.75) is 38.1 Å². The second-order valence-electron chi connectivity index (χ2n) is 5.30. The van der Waals surface area contributed by atoms with Crippen LogP contribution in [-0.4, -0.2) is 24.6 Å². The lowest BCUT2D eigenvalue weighted by atomic mass is 9.77. The third-order valence-corrected chi connectivity index (χ3v) is 3.69. The summed E-state index contributed by atoms with van der Waals surface area (Å²) in [6.45, 7) is 2.94. The normalized spacial score (nSPS) is 16.5. The lowest BCUT2D eigenvalue weighted by molar-refractivity contribution is -0.124. The molecule has 4 heteroatoms. The van der Waals surface area contributed by atoms with Crippen LogP contribution in [-0.2, 0) is 4.79 Å². The lowest BCUT2D eigenvalue weighted by Gasteiger charge is -2.41. The van der Waals surface area contributed by atoms with Gasteiger partial charge in [-0.05, 0) is 43.9 Å². The minimum Gasteiger partial charge on any atom is -0.493 e. The predicted octanol–water partition coefficient (Wildman–Crippen LogP) is 1.76. The zero-order chi connectivity index (χ0) is 13.7. The molecule has 0 atom stereocenters. The summed E-state index contributed by atoms with van der Waals surface area (Å²) in [6, 6.07) is 7.83. The maximum absolute atomic E-state index is 11.8. The van der Waals surface area contributed by atoms with Gasteiger partial charge in [-0.1, -0.05) is 12.1 Å². The zero-order valence-corrected chi connectivity index (χ0v) is 11.4. The Balaban J connectivity index is 1.72. The zero-order valence-electron chi connectivity index (χ0n) is 11.4. The number of carbonyl (C=O) groups is 1. The van der Waals surface area contributed by atoms with Gasteiger partial charge in [-0.3, -0.25) is 4.79 Å². The van der Waals surface area contributed by atoms with Crippen molar-refractivity contribution >= 4 is 5.91 Å². The van der Waals surface area contributed by atoms with Gasteiger partial charge < -0.3 is 15.8 Å². The summed E-state index contributed by atoms with van der Waals surface area (Å²) in [5.41, 5.74) is 6.72. The van der Waals surface area contributed by atoms with Gasteiger partial charge in [0, 0.05) is 6.54 Å². The first-order chi connectivity index (χ1) is 9.13. The van der Waals surface area contributed by atoms with Crippen LogP contribution in [0.4, 0.5) is 0 Å². The van der Waals surface area contributed by atoms with Gasteiger partial charge >= 0.3 is 0 Å². The van der Waals surface area contributed by atoms with Gasteiger partial charge in [-0.15, -0.1) is 0 Å². The molecule has 1 aliphatic rings. The molecule has 1 fully saturated rings. The summed E-state index contributed by atoms with van der Waals surface area (Å²) in [5.74, 6) is 0.836. The number of carbonyl (C=O) groups excluding carboxylic acids is 1. The number of rotatable bonds is 6. The number of hydrogen-bond donors (Lipinski definition) is 2. The van der Waals surface area contributed by atoms with Gasteiger partial charge in [0.2, 0.25) is 5.91 Å². The largest absolute Gasteiger partial charge is 0.493 e. The van der Waals surface area contributed by atoms with Gasteiger partial charge in [-0.25, -0.2) is 0 Å². The lowest BCUT2D eigenvalue weighted by Crippen LogP contribution is -2.58. The van der Waals surface area contributed by atoms with Gasteiger partial charge in [0.1, 0.15) is 5.75 Å². The van der Waals surface area contributed by atoms with E-state index in [9.17, 15) is 4.79 Å². The number of hydrogen-bond acceptors (Lipinski definition) is 3. The van der Waals surface area contributed by atoms with Crippen molar-refractivity contribution in [3.8, 4) is 5.75 Å². The molecule has 0 bridgehead atoms. The van der Waals surface area contributed by atoms with E-state index in [1.807, 2.05) is 31.2 Å². The Kier molecular flexibility index (Phi) is 4.43. The molecule has 0 unspecified atom stereocenters. The van der Waals surface area contributed by atoms with Crippen molar-refractivity contribution in [2.24, 2.45) is 5.73 Å². The van der Waals surface area contributed by atoms with E-state index < -0.39 is 0 Å². The minimum absolute atomic E-state index is 0.0257. The monoisotopic (exact) mass is 262 g/mol. The van der Waals surface area contributed by atoms with Crippen LogP contribution in [0.3, 0.4) is 0 Å². The van der Waals surface area contributed by atoms with Gasteiger partial charge in [-0.2, -0.15) is 0 Å². The second-order valence-corrected chi connectivity index (χ2v) is 5.30. The Bertz CT molecular complexity index is 436. The molecule has 0 spiro atoms. The Labute approximate surface area is 114 Å².